The molecule has 25 heavy (non-hydrogen) atoms. The van der Waals surface area contributed by atoms with Gasteiger partial charge in [0.15, 0.2) is 10.9 Å². The number of carbonyl (C=O) groups excluding carboxylic acids is 1. The predicted molar refractivity (Wildman–Crippen MR) is 92.2 cm³/mol. The average Bonchev–Trinajstić information content (AvgIpc) is 2.97. The number of thiazole rings is 1. The van der Waals surface area contributed by atoms with E-state index in [9.17, 15) is 9.59 Å². The Kier molecular flexibility index (Phi) is 4.08. The van der Waals surface area contributed by atoms with E-state index in [2.05, 4.69) is 20.3 Å². The molecule has 1 saturated carbocycles. The Bertz CT molecular complexity index is 948. The summed E-state index contributed by atoms with van der Waals surface area (Å²) in [6, 6.07) is 1.85. The van der Waals surface area contributed by atoms with Gasteiger partial charge >= 0.3 is 5.69 Å². The number of H-pyrrole nitrogens is 1. The lowest BCUT2D eigenvalue weighted by Gasteiger charge is -1.97. The zero-order valence-corrected chi connectivity index (χ0v) is 14.6. The molecule has 0 radical (unpaired) electrons. The second-order valence-corrected chi connectivity index (χ2v) is 7.30. The van der Waals surface area contributed by atoms with Crippen LogP contribution in [0.25, 0.3) is 5.13 Å². The number of Topliss-reactive ketones (excluding diaryl/α,β-unsaturated/α-hetero) is 1. The van der Waals surface area contributed by atoms with E-state index in [1.165, 1.54) is 26.9 Å². The van der Waals surface area contributed by atoms with E-state index >= 15 is 0 Å². The molecule has 0 atom stereocenters. The number of hydrogen-bond donors (Lipinski definition) is 1. The van der Waals surface area contributed by atoms with Crippen molar-refractivity contribution in [1.82, 2.24) is 29.5 Å². The molecule has 4 rings (SSSR count). The highest BCUT2D eigenvalue weighted by atomic mass is 32.1. The zero-order valence-electron chi connectivity index (χ0n) is 13.8. The first kappa shape index (κ1) is 15.9. The van der Waals surface area contributed by atoms with Gasteiger partial charge in [0.2, 0.25) is 0 Å². The number of hydrogen-bond acceptors (Lipinski definition) is 6. The van der Waals surface area contributed by atoms with Crippen molar-refractivity contribution in [3.05, 3.63) is 45.3 Å². The third kappa shape index (κ3) is 3.32. The van der Waals surface area contributed by atoms with Crippen molar-refractivity contribution in [1.29, 1.82) is 0 Å². The molecule has 1 fully saturated rings. The standard InChI is InChI=1S/C16H18N6O2S/c1-10-14(13(23)5-4-12-6-7-17-20-12)25-15(19-10)21-9-18-22(16(21)24)8-11-2-3-11/h6-7,9,11H,2-5,8H2,1H3,(H,17,20). The summed E-state index contributed by atoms with van der Waals surface area (Å²) in [5.74, 6) is 0.591. The molecule has 0 spiro atoms. The Labute approximate surface area is 147 Å². The van der Waals surface area contributed by atoms with Gasteiger partial charge in [-0.2, -0.15) is 10.2 Å². The summed E-state index contributed by atoms with van der Waals surface area (Å²) in [7, 11) is 0. The van der Waals surface area contributed by atoms with Crippen molar-refractivity contribution in [2.24, 2.45) is 5.92 Å². The van der Waals surface area contributed by atoms with Crippen LogP contribution < -0.4 is 5.69 Å². The van der Waals surface area contributed by atoms with Gasteiger partial charge in [0, 0.05) is 24.9 Å². The lowest BCUT2D eigenvalue weighted by molar-refractivity contribution is 0.0985. The summed E-state index contributed by atoms with van der Waals surface area (Å²) < 4.78 is 2.90. The van der Waals surface area contributed by atoms with Crippen molar-refractivity contribution in [2.75, 3.05) is 0 Å². The Morgan fingerprint density at radius 2 is 2.28 bits per heavy atom. The lowest BCUT2D eigenvalue weighted by Crippen LogP contribution is -2.24. The van der Waals surface area contributed by atoms with E-state index in [1.54, 1.807) is 13.1 Å². The summed E-state index contributed by atoms with van der Waals surface area (Å²) in [5, 5.41) is 11.4. The second kappa shape index (κ2) is 6.40. The van der Waals surface area contributed by atoms with Gasteiger partial charge in [-0.05, 0) is 38.2 Å². The van der Waals surface area contributed by atoms with Crippen LogP contribution in [0.4, 0.5) is 0 Å². The summed E-state index contributed by atoms with van der Waals surface area (Å²) >= 11 is 1.24. The normalized spacial score (nSPS) is 14.1. The minimum atomic E-state index is -0.197. The van der Waals surface area contributed by atoms with Crippen molar-refractivity contribution >= 4 is 17.1 Å². The SMILES string of the molecule is Cc1nc(-n2cnn(CC3CC3)c2=O)sc1C(=O)CCc1ccn[nH]1. The molecule has 0 saturated heterocycles. The molecule has 1 aliphatic rings. The van der Waals surface area contributed by atoms with Crippen LogP contribution in [0.1, 0.15) is 40.3 Å². The van der Waals surface area contributed by atoms with Gasteiger partial charge < -0.3 is 0 Å². The quantitative estimate of drug-likeness (QED) is 0.649. The van der Waals surface area contributed by atoms with Crippen molar-refractivity contribution < 1.29 is 4.79 Å². The van der Waals surface area contributed by atoms with Crippen LogP contribution in [0.3, 0.4) is 0 Å². The van der Waals surface area contributed by atoms with Crippen molar-refractivity contribution in [3.8, 4) is 5.13 Å². The number of ketones is 1. The highest BCUT2D eigenvalue weighted by molar-refractivity contribution is 7.16. The van der Waals surface area contributed by atoms with E-state index in [-0.39, 0.29) is 11.5 Å². The molecule has 1 N–H and O–H groups in total. The summed E-state index contributed by atoms with van der Waals surface area (Å²) in [5.41, 5.74) is 1.38. The number of carbonyl (C=O) groups is 1. The van der Waals surface area contributed by atoms with E-state index in [4.69, 9.17) is 0 Å². The smallest absolute Gasteiger partial charge is 0.293 e. The first-order valence-electron chi connectivity index (χ1n) is 8.25. The Hall–Kier alpha value is -2.55. The monoisotopic (exact) mass is 358 g/mol. The topological polar surface area (TPSA) is 98.5 Å². The molecule has 9 heteroatoms. The molecule has 3 heterocycles. The molecule has 0 bridgehead atoms. The molecule has 130 valence electrons. The average molecular weight is 358 g/mol. The van der Waals surface area contributed by atoms with Gasteiger partial charge in [-0.3, -0.25) is 9.89 Å². The minimum Gasteiger partial charge on any atom is -0.293 e. The van der Waals surface area contributed by atoms with Crippen LogP contribution >= 0.6 is 11.3 Å². The van der Waals surface area contributed by atoms with Gasteiger partial charge in [-0.15, -0.1) is 0 Å². The van der Waals surface area contributed by atoms with Crippen LogP contribution in [0.15, 0.2) is 23.4 Å². The summed E-state index contributed by atoms with van der Waals surface area (Å²) in [6.07, 6.45) is 6.45. The molecule has 0 aliphatic heterocycles. The van der Waals surface area contributed by atoms with E-state index in [0.29, 0.717) is 41.0 Å². The number of aryl methyl sites for hydroxylation is 2. The fourth-order valence-corrected chi connectivity index (χ4v) is 3.67. The lowest BCUT2D eigenvalue weighted by atomic mass is 10.1. The molecular weight excluding hydrogens is 340 g/mol. The highest BCUT2D eigenvalue weighted by Gasteiger charge is 2.24. The maximum atomic E-state index is 12.5. The predicted octanol–water partition coefficient (Wildman–Crippen LogP) is 1.75. The first-order chi connectivity index (χ1) is 12.1. The number of aromatic amines is 1. The van der Waals surface area contributed by atoms with E-state index in [0.717, 1.165) is 18.5 Å². The first-order valence-corrected chi connectivity index (χ1v) is 9.07. The van der Waals surface area contributed by atoms with Gasteiger partial charge in [-0.25, -0.2) is 19.0 Å². The van der Waals surface area contributed by atoms with Crippen molar-refractivity contribution in [3.63, 3.8) is 0 Å². The van der Waals surface area contributed by atoms with Crippen LogP contribution in [-0.4, -0.2) is 35.3 Å². The maximum Gasteiger partial charge on any atom is 0.352 e. The summed E-state index contributed by atoms with van der Waals surface area (Å²) in [4.78, 5) is 29.9. The Balaban J connectivity index is 1.52. The fraction of sp³-hybridized carbons (Fsp3) is 0.438. The van der Waals surface area contributed by atoms with Crippen LogP contribution in [0.5, 0.6) is 0 Å². The van der Waals surface area contributed by atoms with Gasteiger partial charge in [0.25, 0.3) is 0 Å². The molecule has 0 unspecified atom stereocenters. The molecule has 0 amide bonds. The van der Waals surface area contributed by atoms with Gasteiger partial charge in [0.1, 0.15) is 6.33 Å². The van der Waals surface area contributed by atoms with E-state index in [1.807, 2.05) is 6.07 Å². The summed E-state index contributed by atoms with van der Waals surface area (Å²) in [6.45, 7) is 2.45. The fourth-order valence-electron chi connectivity index (χ4n) is 2.67. The molecule has 0 aromatic carbocycles. The zero-order chi connectivity index (χ0) is 17.4. The largest absolute Gasteiger partial charge is 0.352 e. The Morgan fingerprint density at radius 1 is 1.44 bits per heavy atom. The van der Waals surface area contributed by atoms with Crippen LogP contribution in [0.2, 0.25) is 0 Å². The minimum absolute atomic E-state index is 0.0225. The number of nitrogens with one attached hydrogen (secondary N) is 1. The third-order valence-electron chi connectivity index (χ3n) is 4.29. The molecule has 8 nitrogen and oxygen atoms in total. The van der Waals surface area contributed by atoms with Crippen LogP contribution in [-0.2, 0) is 13.0 Å². The number of aromatic nitrogens is 6. The molecular formula is C16H18N6O2S. The number of rotatable bonds is 7. The third-order valence-corrected chi connectivity index (χ3v) is 5.48. The molecule has 3 aromatic rings. The highest BCUT2D eigenvalue weighted by Crippen LogP contribution is 2.30. The van der Waals surface area contributed by atoms with Crippen LogP contribution in [0, 0.1) is 12.8 Å². The van der Waals surface area contributed by atoms with Crippen molar-refractivity contribution in [2.45, 2.75) is 39.2 Å². The molecule has 1 aliphatic carbocycles. The Morgan fingerprint density at radius 3 is 3.00 bits per heavy atom. The van der Waals surface area contributed by atoms with Gasteiger partial charge in [-0.1, -0.05) is 11.3 Å². The van der Waals surface area contributed by atoms with Gasteiger partial charge in [0.05, 0.1) is 10.6 Å². The number of nitrogens with zero attached hydrogens (tertiary/aromatic N) is 5. The maximum absolute atomic E-state index is 12.5. The second-order valence-electron chi connectivity index (χ2n) is 6.33. The van der Waals surface area contributed by atoms with E-state index < -0.39 is 0 Å². The molecule has 3 aromatic heterocycles.